The highest BCUT2D eigenvalue weighted by Gasteiger charge is 2.30. The highest BCUT2D eigenvalue weighted by atomic mass is 19.4. The molecule has 5 aromatic rings. The standard InChI is InChI=1S/C40H40F5N3O2/c1-4-47(5-2)22-21-27-11-20-34-36(23-27)48(33(24-37(34)49)19-16-31-7-6-8-35(41)39(31)42)26-38(50)46(3)25-28-9-12-29(13-10-28)30-14-17-32(18-15-30)40(43,44)45/h6-15,17-18,20,23-24H,4-5,16,19,21-22,25-26H2,1-3H3. The first-order chi connectivity index (χ1) is 23.9. The molecule has 0 fully saturated rings. The number of hydrogen-bond acceptors (Lipinski definition) is 3. The summed E-state index contributed by atoms with van der Waals surface area (Å²) in [5, 5.41) is 0.464. The van der Waals surface area contributed by atoms with Gasteiger partial charge in [0.2, 0.25) is 5.91 Å². The third-order valence-electron chi connectivity index (χ3n) is 9.19. The minimum atomic E-state index is -4.41. The fourth-order valence-corrected chi connectivity index (χ4v) is 6.12. The van der Waals surface area contributed by atoms with Crippen molar-refractivity contribution in [2.24, 2.45) is 0 Å². The minimum Gasteiger partial charge on any atom is -0.340 e. The third-order valence-corrected chi connectivity index (χ3v) is 9.19. The molecule has 50 heavy (non-hydrogen) atoms. The van der Waals surface area contributed by atoms with Gasteiger partial charge >= 0.3 is 6.18 Å². The molecule has 0 saturated carbocycles. The number of alkyl halides is 3. The molecule has 0 spiro atoms. The normalized spacial score (nSPS) is 11.8. The van der Waals surface area contributed by atoms with Crippen molar-refractivity contribution in [1.29, 1.82) is 0 Å². The number of fused-ring (bicyclic) bond motifs is 1. The Hall–Kier alpha value is -4.83. The van der Waals surface area contributed by atoms with E-state index < -0.39 is 23.4 Å². The number of amides is 1. The van der Waals surface area contributed by atoms with E-state index in [0.717, 1.165) is 60.9 Å². The Morgan fingerprint density at radius 1 is 0.780 bits per heavy atom. The number of halogens is 5. The SMILES string of the molecule is CCN(CC)CCc1ccc2c(=O)cc(CCc3cccc(F)c3F)n(CC(=O)N(C)Cc3ccc(-c4ccc(C(F)(F)F)cc4)cc3)c2c1. The van der Waals surface area contributed by atoms with Gasteiger partial charge in [-0.1, -0.05) is 68.4 Å². The van der Waals surface area contributed by atoms with Crippen molar-refractivity contribution in [3.8, 4) is 11.1 Å². The van der Waals surface area contributed by atoms with Crippen LogP contribution in [-0.2, 0) is 43.3 Å². The topological polar surface area (TPSA) is 45.6 Å². The lowest BCUT2D eigenvalue weighted by Gasteiger charge is -2.22. The fraction of sp³-hybridized carbons (Fsp3) is 0.300. The summed E-state index contributed by atoms with van der Waals surface area (Å²) in [4.78, 5) is 30.9. The fourth-order valence-electron chi connectivity index (χ4n) is 6.12. The zero-order chi connectivity index (χ0) is 36.0. The van der Waals surface area contributed by atoms with Crippen LogP contribution in [0.2, 0.25) is 0 Å². The summed E-state index contributed by atoms with van der Waals surface area (Å²) in [6.45, 7) is 7.04. The molecule has 1 amide bonds. The Labute approximate surface area is 288 Å². The molecule has 0 aliphatic rings. The zero-order valence-electron chi connectivity index (χ0n) is 28.4. The van der Waals surface area contributed by atoms with E-state index in [1.54, 1.807) is 34.7 Å². The van der Waals surface area contributed by atoms with Crippen molar-refractivity contribution < 1.29 is 26.7 Å². The molecule has 0 unspecified atom stereocenters. The second-order valence-corrected chi connectivity index (χ2v) is 12.4. The number of pyridine rings is 1. The van der Waals surface area contributed by atoms with Crippen LogP contribution in [0.25, 0.3) is 22.0 Å². The van der Waals surface area contributed by atoms with Crippen molar-refractivity contribution >= 4 is 16.8 Å². The zero-order valence-corrected chi connectivity index (χ0v) is 28.4. The molecule has 10 heteroatoms. The number of rotatable bonds is 13. The maximum Gasteiger partial charge on any atom is 0.416 e. The first-order valence-corrected chi connectivity index (χ1v) is 16.7. The summed E-state index contributed by atoms with van der Waals surface area (Å²) in [5.74, 6) is -2.10. The monoisotopic (exact) mass is 689 g/mol. The van der Waals surface area contributed by atoms with Gasteiger partial charge in [-0.05, 0) is 90.5 Å². The lowest BCUT2D eigenvalue weighted by molar-refractivity contribution is -0.137. The maximum atomic E-state index is 14.6. The first-order valence-electron chi connectivity index (χ1n) is 16.7. The summed E-state index contributed by atoms with van der Waals surface area (Å²) in [6.07, 6.45) is -3.32. The van der Waals surface area contributed by atoms with Crippen molar-refractivity contribution in [2.75, 3.05) is 26.7 Å². The Morgan fingerprint density at radius 2 is 1.42 bits per heavy atom. The van der Waals surface area contributed by atoms with Crippen LogP contribution in [-0.4, -0.2) is 47.0 Å². The van der Waals surface area contributed by atoms with Crippen LogP contribution in [0.5, 0.6) is 0 Å². The minimum absolute atomic E-state index is 0.0859. The average Bonchev–Trinajstić information content (AvgIpc) is 3.10. The second kappa shape index (κ2) is 15.8. The number of aromatic nitrogens is 1. The summed E-state index contributed by atoms with van der Waals surface area (Å²) < 4.78 is 69.3. The number of nitrogens with zero attached hydrogens (tertiary/aromatic N) is 3. The van der Waals surface area contributed by atoms with Gasteiger partial charge in [-0.15, -0.1) is 0 Å². The summed E-state index contributed by atoms with van der Waals surface area (Å²) in [7, 11) is 1.67. The number of carbonyl (C=O) groups excluding carboxylic acids is 1. The highest BCUT2D eigenvalue weighted by molar-refractivity contribution is 5.83. The van der Waals surface area contributed by atoms with Crippen LogP contribution in [0.4, 0.5) is 22.0 Å². The lowest BCUT2D eigenvalue weighted by Crippen LogP contribution is -2.31. The molecule has 0 aliphatic heterocycles. The Morgan fingerprint density at radius 3 is 2.06 bits per heavy atom. The molecule has 0 atom stereocenters. The van der Waals surface area contributed by atoms with Gasteiger partial charge < -0.3 is 14.4 Å². The van der Waals surface area contributed by atoms with Gasteiger partial charge in [0.1, 0.15) is 6.54 Å². The van der Waals surface area contributed by atoms with Gasteiger partial charge in [0.15, 0.2) is 17.1 Å². The van der Waals surface area contributed by atoms with Crippen LogP contribution in [0.15, 0.2) is 95.8 Å². The number of benzene rings is 4. The van der Waals surface area contributed by atoms with E-state index in [4.69, 9.17) is 0 Å². The van der Waals surface area contributed by atoms with E-state index in [0.29, 0.717) is 22.2 Å². The quantitative estimate of drug-likeness (QED) is 0.117. The molecule has 262 valence electrons. The molecular formula is C40H40F5N3O2. The van der Waals surface area contributed by atoms with E-state index in [9.17, 15) is 31.5 Å². The van der Waals surface area contributed by atoms with E-state index in [2.05, 4.69) is 18.7 Å². The van der Waals surface area contributed by atoms with Gasteiger partial charge in [0.25, 0.3) is 0 Å². The first kappa shape index (κ1) is 36.5. The van der Waals surface area contributed by atoms with Gasteiger partial charge in [0, 0.05) is 37.3 Å². The van der Waals surface area contributed by atoms with Crippen molar-refractivity contribution in [1.82, 2.24) is 14.4 Å². The molecule has 0 saturated heterocycles. The predicted octanol–water partition coefficient (Wildman–Crippen LogP) is 8.29. The number of hydrogen-bond donors (Lipinski definition) is 0. The molecule has 1 aromatic heterocycles. The van der Waals surface area contributed by atoms with Gasteiger partial charge in [-0.25, -0.2) is 8.78 Å². The Bertz CT molecular complexity index is 2000. The van der Waals surface area contributed by atoms with Crippen LogP contribution >= 0.6 is 0 Å². The van der Waals surface area contributed by atoms with Crippen molar-refractivity contribution in [2.45, 2.75) is 52.4 Å². The molecule has 4 aromatic carbocycles. The van der Waals surface area contributed by atoms with Crippen molar-refractivity contribution in [3.63, 3.8) is 0 Å². The molecule has 0 bridgehead atoms. The summed E-state index contributed by atoms with van der Waals surface area (Å²) >= 11 is 0. The maximum absolute atomic E-state index is 14.6. The van der Waals surface area contributed by atoms with Crippen LogP contribution in [0.1, 0.15) is 41.8 Å². The van der Waals surface area contributed by atoms with E-state index in [1.807, 2.05) is 24.3 Å². The van der Waals surface area contributed by atoms with Crippen molar-refractivity contribution in [3.05, 3.63) is 141 Å². The van der Waals surface area contributed by atoms with Gasteiger partial charge in [-0.3, -0.25) is 9.59 Å². The van der Waals surface area contributed by atoms with Crippen LogP contribution in [0, 0.1) is 11.6 Å². The highest BCUT2D eigenvalue weighted by Crippen LogP contribution is 2.31. The lowest BCUT2D eigenvalue weighted by atomic mass is 10.0. The molecule has 0 radical (unpaired) electrons. The molecule has 1 heterocycles. The number of likely N-dealkylation sites (N-methyl/N-ethyl adjacent to an activating group) is 2. The molecular weight excluding hydrogens is 649 g/mol. The summed E-state index contributed by atoms with van der Waals surface area (Å²) in [6, 6.07) is 23.4. The number of carbonyl (C=O) groups is 1. The van der Waals surface area contributed by atoms with Gasteiger partial charge in [-0.2, -0.15) is 13.2 Å². The van der Waals surface area contributed by atoms with E-state index in [-0.39, 0.29) is 42.8 Å². The Kier molecular flexibility index (Phi) is 11.5. The molecule has 5 rings (SSSR count). The number of aryl methyl sites for hydroxylation is 2. The second-order valence-electron chi connectivity index (χ2n) is 12.4. The van der Waals surface area contributed by atoms with Gasteiger partial charge in [0.05, 0.1) is 11.1 Å². The van der Waals surface area contributed by atoms with Crippen LogP contribution in [0.3, 0.4) is 0 Å². The molecule has 0 N–H and O–H groups in total. The summed E-state index contributed by atoms with van der Waals surface area (Å²) in [5.41, 5.74) is 3.61. The third kappa shape index (κ3) is 8.66. The smallest absolute Gasteiger partial charge is 0.340 e. The van der Waals surface area contributed by atoms with Crippen LogP contribution < -0.4 is 5.43 Å². The molecule has 5 nitrogen and oxygen atoms in total. The van der Waals surface area contributed by atoms with E-state index in [1.165, 1.54) is 30.3 Å². The van der Waals surface area contributed by atoms with E-state index >= 15 is 0 Å². The largest absolute Gasteiger partial charge is 0.416 e. The average molecular weight is 690 g/mol. The predicted molar refractivity (Wildman–Crippen MR) is 187 cm³/mol. The molecule has 0 aliphatic carbocycles. The Balaban J connectivity index is 1.40.